The van der Waals surface area contributed by atoms with Crippen LogP contribution in [0.3, 0.4) is 0 Å². The zero-order chi connectivity index (χ0) is 6.15. The monoisotopic (exact) mass is 215 g/mol. The Morgan fingerprint density at radius 2 is 1.78 bits per heavy atom. The van der Waals surface area contributed by atoms with Crippen LogP contribution in [-0.2, 0) is 26.2 Å². The molecular formula is C7H10PZr-. The summed E-state index contributed by atoms with van der Waals surface area (Å²) in [6, 6.07) is 0. The molecule has 0 saturated carbocycles. The van der Waals surface area contributed by atoms with Crippen molar-refractivity contribution in [3.63, 3.8) is 0 Å². The maximum Gasteiger partial charge on any atom is 0 e. The van der Waals surface area contributed by atoms with E-state index in [2.05, 4.69) is 26.6 Å². The topological polar surface area (TPSA) is 0 Å². The standard InChI is InChI=1S/C7H10P.Zr/c1-5-4-8-7(3)6(5)2;/h8H,1-3H3;/q-1;. The molecule has 1 aromatic heterocycles. The van der Waals surface area contributed by atoms with E-state index >= 15 is 0 Å². The summed E-state index contributed by atoms with van der Waals surface area (Å²) in [5.41, 5.74) is 2.80. The summed E-state index contributed by atoms with van der Waals surface area (Å²) < 4.78 is 0. The molecule has 9 heavy (non-hydrogen) atoms. The molecule has 1 aromatic rings. The van der Waals surface area contributed by atoms with Crippen LogP contribution in [0.1, 0.15) is 16.4 Å². The van der Waals surface area contributed by atoms with Crippen LogP contribution in [0.5, 0.6) is 0 Å². The largest absolute Gasteiger partial charge is 0.268 e. The molecule has 2 heteroatoms. The molecule has 0 spiro atoms. The second-order valence-electron chi connectivity index (χ2n) is 2.12. The summed E-state index contributed by atoms with van der Waals surface area (Å²) in [7, 11) is 0.836. The Labute approximate surface area is 77.3 Å². The van der Waals surface area contributed by atoms with Gasteiger partial charge in [0.1, 0.15) is 0 Å². The first-order valence-corrected chi connectivity index (χ1v) is 3.75. The molecule has 0 N–H and O–H groups in total. The van der Waals surface area contributed by atoms with Crippen LogP contribution in [0.25, 0.3) is 0 Å². The Bertz CT molecular complexity index is 171. The smallest absolute Gasteiger partial charge is 0 e. The Morgan fingerprint density at radius 3 is 1.89 bits per heavy atom. The van der Waals surface area contributed by atoms with Crippen molar-refractivity contribution in [3.8, 4) is 0 Å². The molecule has 1 heterocycles. The summed E-state index contributed by atoms with van der Waals surface area (Å²) in [5.74, 6) is 3.29. The second-order valence-corrected chi connectivity index (χ2v) is 3.38. The fourth-order valence-electron chi connectivity index (χ4n) is 0.656. The van der Waals surface area contributed by atoms with Crippen molar-refractivity contribution < 1.29 is 26.2 Å². The molecule has 0 fully saturated rings. The van der Waals surface area contributed by atoms with Gasteiger partial charge in [0.2, 0.25) is 0 Å². The molecule has 0 bridgehead atoms. The Morgan fingerprint density at radius 1 is 1.22 bits per heavy atom. The molecule has 0 aliphatic heterocycles. The summed E-state index contributed by atoms with van der Waals surface area (Å²) in [5, 5.41) is 1.50. The fourth-order valence-corrected chi connectivity index (χ4v) is 1.59. The fraction of sp³-hybridized carbons (Fsp3) is 0.429. The molecule has 48 valence electrons. The van der Waals surface area contributed by atoms with E-state index in [4.69, 9.17) is 0 Å². The normalized spacial score (nSPS) is 9.67. The van der Waals surface area contributed by atoms with E-state index in [0.29, 0.717) is 0 Å². The third-order valence-corrected chi connectivity index (χ3v) is 2.81. The molecule has 0 nitrogen and oxygen atoms in total. The van der Waals surface area contributed by atoms with Crippen molar-refractivity contribution in [2.45, 2.75) is 20.8 Å². The predicted molar refractivity (Wildman–Crippen MR) is 39.0 cm³/mol. The maximum absolute atomic E-state index is 3.29. The zero-order valence-electron chi connectivity index (χ0n) is 6.00. The van der Waals surface area contributed by atoms with Gasteiger partial charge in [-0.1, -0.05) is 20.8 Å². The van der Waals surface area contributed by atoms with Crippen molar-refractivity contribution >= 4 is 8.19 Å². The number of rotatable bonds is 0. The van der Waals surface area contributed by atoms with Gasteiger partial charge in [0.25, 0.3) is 0 Å². The third kappa shape index (κ3) is 2.06. The van der Waals surface area contributed by atoms with Crippen molar-refractivity contribution in [2.75, 3.05) is 0 Å². The van der Waals surface area contributed by atoms with Crippen LogP contribution in [0.15, 0.2) is 0 Å². The van der Waals surface area contributed by atoms with E-state index < -0.39 is 0 Å². The van der Waals surface area contributed by atoms with Crippen LogP contribution < -0.4 is 0 Å². The molecular weight excluding hydrogens is 206 g/mol. The molecule has 1 rings (SSSR count). The van der Waals surface area contributed by atoms with Gasteiger partial charge in [-0.3, -0.25) is 8.19 Å². The van der Waals surface area contributed by atoms with E-state index in [9.17, 15) is 0 Å². The molecule has 0 radical (unpaired) electrons. The third-order valence-electron chi connectivity index (χ3n) is 1.56. The van der Waals surface area contributed by atoms with Gasteiger partial charge in [-0.05, 0) is 0 Å². The maximum atomic E-state index is 3.29. The minimum absolute atomic E-state index is 0. The first-order valence-electron chi connectivity index (χ1n) is 2.75. The first kappa shape index (κ1) is 9.66. The summed E-state index contributed by atoms with van der Waals surface area (Å²) in [6.07, 6.45) is 0. The van der Waals surface area contributed by atoms with Gasteiger partial charge in [0, 0.05) is 26.2 Å². The van der Waals surface area contributed by atoms with E-state index in [0.717, 1.165) is 8.19 Å². The molecule has 0 aliphatic rings. The van der Waals surface area contributed by atoms with Crippen LogP contribution >= 0.6 is 8.19 Å². The van der Waals surface area contributed by atoms with E-state index in [-0.39, 0.29) is 26.2 Å². The van der Waals surface area contributed by atoms with Gasteiger partial charge < -0.3 is 0 Å². The quantitative estimate of drug-likeness (QED) is 0.584. The van der Waals surface area contributed by atoms with Crippen molar-refractivity contribution in [1.82, 2.24) is 0 Å². The van der Waals surface area contributed by atoms with Gasteiger partial charge in [-0.25, -0.2) is 0 Å². The van der Waals surface area contributed by atoms with Crippen molar-refractivity contribution in [2.24, 2.45) is 0 Å². The number of hydrogen-bond acceptors (Lipinski definition) is 0. The average Bonchev–Trinajstić information content (AvgIpc) is 1.98. The molecule has 0 aromatic carbocycles. The van der Waals surface area contributed by atoms with Gasteiger partial charge in [0.15, 0.2) is 0 Å². The Hall–Kier alpha value is 0.663. The van der Waals surface area contributed by atoms with Crippen molar-refractivity contribution in [3.05, 3.63) is 22.2 Å². The first-order chi connectivity index (χ1) is 3.72. The van der Waals surface area contributed by atoms with Crippen LogP contribution in [0.2, 0.25) is 0 Å². The summed E-state index contributed by atoms with van der Waals surface area (Å²) in [6.45, 7) is 6.47. The van der Waals surface area contributed by atoms with E-state index in [1.807, 2.05) is 0 Å². The molecule has 1 atom stereocenters. The minimum atomic E-state index is 0. The van der Waals surface area contributed by atoms with Gasteiger partial charge in [-0.15, -0.1) is 0 Å². The van der Waals surface area contributed by atoms with Crippen LogP contribution in [0.4, 0.5) is 0 Å². The van der Waals surface area contributed by atoms with Crippen molar-refractivity contribution in [1.29, 1.82) is 0 Å². The van der Waals surface area contributed by atoms with Gasteiger partial charge >= 0.3 is 0 Å². The van der Waals surface area contributed by atoms with E-state index in [1.165, 1.54) is 16.4 Å². The zero-order valence-corrected chi connectivity index (χ0v) is 9.46. The molecule has 0 aliphatic carbocycles. The van der Waals surface area contributed by atoms with Crippen LogP contribution in [0, 0.1) is 26.6 Å². The Kier molecular flexibility index (Phi) is 4.02. The molecule has 0 amide bonds. The number of hydrogen-bond donors (Lipinski definition) is 0. The summed E-state index contributed by atoms with van der Waals surface area (Å²) in [4.78, 5) is 0. The molecule has 1 unspecified atom stereocenters. The molecule has 0 saturated heterocycles. The van der Waals surface area contributed by atoms with Gasteiger partial charge in [0.05, 0.1) is 0 Å². The van der Waals surface area contributed by atoms with E-state index in [1.54, 1.807) is 0 Å². The SMILES string of the molecule is Cc1[c-][pH]c(C)c1C.[Zr]. The predicted octanol–water partition coefficient (Wildman–Crippen LogP) is 2.44. The number of aryl methyl sites for hydroxylation is 2. The van der Waals surface area contributed by atoms with Gasteiger partial charge in [-0.2, -0.15) is 22.2 Å². The Balaban J connectivity index is 0.000000640. The average molecular weight is 216 g/mol. The second kappa shape index (κ2) is 3.74. The minimum Gasteiger partial charge on any atom is -0.268 e. The summed E-state index contributed by atoms with van der Waals surface area (Å²) >= 11 is 0. The van der Waals surface area contributed by atoms with Crippen LogP contribution in [-0.4, -0.2) is 0 Å².